The first kappa shape index (κ1) is 6.49. The Bertz CT molecular complexity index is 328. The first-order valence-electron chi connectivity index (χ1n) is 3.55. The number of furan rings is 2. The van der Waals surface area contributed by atoms with Gasteiger partial charge < -0.3 is 14.9 Å². The second-order valence-corrected chi connectivity index (χ2v) is 2.35. The molecule has 0 spiro atoms. The van der Waals surface area contributed by atoms with Gasteiger partial charge in [0.25, 0.3) is 0 Å². The molecule has 2 N–H and O–H groups in total. The van der Waals surface area contributed by atoms with E-state index in [1.54, 1.807) is 0 Å². The van der Waals surface area contributed by atoms with Gasteiger partial charge in [-0.2, -0.15) is 0 Å². The van der Waals surface area contributed by atoms with Crippen LogP contribution in [0.1, 0.15) is 0 Å². The second kappa shape index (κ2) is 2.43. The fourth-order valence-corrected chi connectivity index (χ4v) is 1.04. The molecule has 58 valence electrons. The second-order valence-electron chi connectivity index (χ2n) is 2.35. The van der Waals surface area contributed by atoms with Gasteiger partial charge in [-0.25, -0.2) is 0 Å². The Kier molecular flexibility index (Phi) is 1.43. The van der Waals surface area contributed by atoms with Gasteiger partial charge in [-0.15, -0.1) is 0 Å². The minimum Gasteiger partial charge on any atom is -0.488 e. The number of nitrogens with two attached hydrogens (primary N) is 1. The van der Waals surface area contributed by atoms with E-state index >= 15 is 0 Å². The van der Waals surface area contributed by atoms with E-state index in [4.69, 9.17) is 14.9 Å². The van der Waals surface area contributed by atoms with Gasteiger partial charge in [0, 0.05) is 12.6 Å². The van der Waals surface area contributed by atoms with Gasteiger partial charge >= 0.3 is 0 Å². The molecule has 0 radical (unpaired) electrons. The van der Waals surface area contributed by atoms with Gasteiger partial charge in [0.05, 0.1) is 0 Å². The molecule has 0 saturated carbocycles. The van der Waals surface area contributed by atoms with Gasteiger partial charge in [0.1, 0.15) is 12.2 Å². The number of rotatable bonds is 3. The molecule has 2 rings (SSSR count). The number of ether oxygens (including phenoxy) is 1. The lowest BCUT2D eigenvalue weighted by Gasteiger charge is -1.99. The van der Waals surface area contributed by atoms with Crippen LogP contribution in [0.5, 0.6) is 5.75 Å². The van der Waals surface area contributed by atoms with Crippen molar-refractivity contribution in [1.82, 2.24) is 0 Å². The predicted octanol–water partition coefficient (Wildman–Crippen LogP) is 1.21. The van der Waals surface area contributed by atoms with E-state index in [0.717, 1.165) is 16.9 Å². The molecule has 0 aromatic carbocycles. The van der Waals surface area contributed by atoms with Crippen LogP contribution < -0.4 is 10.5 Å². The lowest BCUT2D eigenvalue weighted by molar-refractivity contribution is 0.330. The molecule has 0 atom stereocenters. The molecule has 2 aromatic heterocycles. The number of benzene rings is 1. The highest BCUT2D eigenvalue weighted by molar-refractivity contribution is 5.69. The normalized spacial score (nSPS) is 11.0. The van der Waals surface area contributed by atoms with Crippen molar-refractivity contribution in [3.63, 3.8) is 0 Å². The summed E-state index contributed by atoms with van der Waals surface area (Å²) >= 11 is 0. The van der Waals surface area contributed by atoms with Crippen LogP contribution in [0.25, 0.3) is 11.2 Å². The van der Waals surface area contributed by atoms with E-state index in [1.165, 1.54) is 0 Å². The Morgan fingerprint density at radius 1 is 1.45 bits per heavy atom. The number of hydrogen-bond acceptors (Lipinski definition) is 3. The Balaban J connectivity index is 2.18. The summed E-state index contributed by atoms with van der Waals surface area (Å²) in [6.07, 6.45) is 0. The summed E-state index contributed by atoms with van der Waals surface area (Å²) in [5, 5.41) is 0. The largest absolute Gasteiger partial charge is 0.488 e. The van der Waals surface area contributed by atoms with Crippen LogP contribution in [-0.4, -0.2) is 13.2 Å². The molecule has 0 aliphatic heterocycles. The van der Waals surface area contributed by atoms with Crippen LogP contribution in [-0.2, 0) is 0 Å². The standard InChI is InChI=1S/C8H9NO2/c9-3-4-10-8-5-6-1-2-7(8)11-6/h1-2,5H,3-4,9H2. The third-order valence-corrected chi connectivity index (χ3v) is 1.52. The van der Waals surface area contributed by atoms with Crippen LogP contribution in [0.2, 0.25) is 0 Å². The predicted molar refractivity (Wildman–Crippen MR) is 41.9 cm³/mol. The maximum Gasteiger partial charge on any atom is 0.169 e. The van der Waals surface area contributed by atoms with Crippen LogP contribution in [0.3, 0.4) is 0 Å². The van der Waals surface area contributed by atoms with Crippen LogP contribution >= 0.6 is 0 Å². The summed E-state index contributed by atoms with van der Waals surface area (Å²) in [6.45, 7) is 1.07. The Labute approximate surface area is 64.1 Å². The molecule has 2 bridgehead atoms. The Morgan fingerprint density at radius 2 is 2.36 bits per heavy atom. The monoisotopic (exact) mass is 151 g/mol. The molecular formula is C8H9NO2. The smallest absolute Gasteiger partial charge is 0.169 e. The van der Waals surface area contributed by atoms with Gasteiger partial charge in [-0.3, -0.25) is 0 Å². The molecule has 0 aliphatic carbocycles. The SMILES string of the molecule is NCCOc1cc2ccc1o2. The zero-order valence-electron chi connectivity index (χ0n) is 6.04. The van der Waals surface area contributed by atoms with E-state index in [-0.39, 0.29) is 0 Å². The summed E-state index contributed by atoms with van der Waals surface area (Å²) in [6, 6.07) is 5.66. The van der Waals surface area contributed by atoms with E-state index in [0.29, 0.717) is 13.2 Å². The summed E-state index contributed by atoms with van der Waals surface area (Å²) < 4.78 is 10.5. The third kappa shape index (κ3) is 1.03. The highest BCUT2D eigenvalue weighted by atomic mass is 16.5. The fourth-order valence-electron chi connectivity index (χ4n) is 1.04. The molecule has 0 aliphatic rings. The molecule has 0 saturated heterocycles. The molecule has 2 heterocycles. The highest BCUT2D eigenvalue weighted by Gasteiger charge is 2.06. The minimum atomic E-state index is 0.531. The highest BCUT2D eigenvalue weighted by Crippen LogP contribution is 2.28. The summed E-state index contributed by atoms with van der Waals surface area (Å²) in [4.78, 5) is 0. The first-order valence-corrected chi connectivity index (χ1v) is 3.55. The topological polar surface area (TPSA) is 48.4 Å². The van der Waals surface area contributed by atoms with Crippen molar-refractivity contribution in [2.45, 2.75) is 0 Å². The van der Waals surface area contributed by atoms with Crippen LogP contribution in [0.4, 0.5) is 0 Å². The molecule has 3 heteroatoms. The molecule has 3 nitrogen and oxygen atoms in total. The lowest BCUT2D eigenvalue weighted by Crippen LogP contribution is -2.10. The number of fused-ring (bicyclic) bond motifs is 2. The van der Waals surface area contributed by atoms with Crippen molar-refractivity contribution in [3.8, 4) is 5.75 Å². The zero-order chi connectivity index (χ0) is 7.68. The van der Waals surface area contributed by atoms with E-state index in [1.807, 2.05) is 18.2 Å². The summed E-state index contributed by atoms with van der Waals surface area (Å²) in [7, 11) is 0. The molecular weight excluding hydrogens is 142 g/mol. The molecule has 11 heavy (non-hydrogen) atoms. The third-order valence-electron chi connectivity index (χ3n) is 1.52. The summed E-state index contributed by atoms with van der Waals surface area (Å²) in [5.41, 5.74) is 6.93. The Hall–Kier alpha value is -1.22. The molecule has 0 amide bonds. The van der Waals surface area contributed by atoms with Crippen LogP contribution in [0, 0.1) is 0 Å². The first-order chi connectivity index (χ1) is 5.40. The van der Waals surface area contributed by atoms with Crippen molar-refractivity contribution in [1.29, 1.82) is 0 Å². The van der Waals surface area contributed by atoms with Crippen molar-refractivity contribution < 1.29 is 9.15 Å². The maximum absolute atomic E-state index is 5.29. The van der Waals surface area contributed by atoms with Gasteiger partial charge in [0.15, 0.2) is 11.3 Å². The molecule has 0 unspecified atom stereocenters. The van der Waals surface area contributed by atoms with E-state index < -0.39 is 0 Å². The molecule has 2 aromatic rings. The van der Waals surface area contributed by atoms with Crippen molar-refractivity contribution in [2.75, 3.05) is 13.2 Å². The fraction of sp³-hybridized carbons (Fsp3) is 0.250. The Morgan fingerprint density at radius 3 is 2.91 bits per heavy atom. The van der Waals surface area contributed by atoms with Gasteiger partial charge in [-0.05, 0) is 12.1 Å². The average Bonchev–Trinajstić information content (AvgIpc) is 2.60. The average molecular weight is 151 g/mol. The van der Waals surface area contributed by atoms with Crippen LogP contribution in [0.15, 0.2) is 22.6 Å². The van der Waals surface area contributed by atoms with Crippen molar-refractivity contribution in [2.24, 2.45) is 5.73 Å². The van der Waals surface area contributed by atoms with Gasteiger partial charge in [0.2, 0.25) is 0 Å². The molecule has 0 fully saturated rings. The van der Waals surface area contributed by atoms with Crippen molar-refractivity contribution >= 4 is 11.2 Å². The minimum absolute atomic E-state index is 0.531. The number of hydrogen-bond donors (Lipinski definition) is 1. The van der Waals surface area contributed by atoms with E-state index in [9.17, 15) is 0 Å². The zero-order valence-corrected chi connectivity index (χ0v) is 6.04. The van der Waals surface area contributed by atoms with Gasteiger partial charge in [-0.1, -0.05) is 0 Å². The quantitative estimate of drug-likeness (QED) is 0.717. The summed E-state index contributed by atoms with van der Waals surface area (Å²) in [5.74, 6) is 0.799. The van der Waals surface area contributed by atoms with E-state index in [2.05, 4.69) is 0 Å². The maximum atomic E-state index is 5.29. The lowest BCUT2D eigenvalue weighted by atomic mass is 10.3. The van der Waals surface area contributed by atoms with Crippen molar-refractivity contribution in [3.05, 3.63) is 18.2 Å².